The Kier molecular flexibility index (Phi) is 4.67. The van der Waals surface area contributed by atoms with Crippen molar-refractivity contribution in [1.82, 2.24) is 0 Å². The molecular weight excluding hydrogens is 367 g/mol. The van der Waals surface area contributed by atoms with Gasteiger partial charge in [-0.2, -0.15) is 0 Å². The van der Waals surface area contributed by atoms with Crippen LogP contribution in [0.25, 0.3) is 0 Å². The van der Waals surface area contributed by atoms with Crippen LogP contribution in [0.1, 0.15) is 0 Å². The smallest absolute Gasteiger partial charge is 0.266 e. The number of anilines is 1. The van der Waals surface area contributed by atoms with E-state index in [1.165, 1.54) is 25.2 Å². The molecule has 0 aliphatic heterocycles. The molecule has 2 N–H and O–H groups in total. The predicted molar refractivity (Wildman–Crippen MR) is 84.8 cm³/mol. The van der Waals surface area contributed by atoms with Crippen LogP contribution in [-0.2, 0) is 20.0 Å². The van der Waals surface area contributed by atoms with Gasteiger partial charge in [0.2, 0.25) is 10.0 Å². The zero-order valence-electron chi connectivity index (χ0n) is 11.8. The Morgan fingerprint density at radius 1 is 1.04 bits per heavy atom. The Bertz CT molecular complexity index is 944. The maximum atomic E-state index is 13.9. The van der Waals surface area contributed by atoms with E-state index in [1.54, 1.807) is 0 Å². The first-order chi connectivity index (χ1) is 10.5. The molecule has 23 heavy (non-hydrogen) atoms. The number of nitrogens with zero attached hydrogens (tertiary/aromatic N) is 1. The average molecular weight is 379 g/mol. The van der Waals surface area contributed by atoms with E-state index in [1.807, 2.05) is 0 Å². The van der Waals surface area contributed by atoms with Crippen molar-refractivity contribution in [3.63, 3.8) is 0 Å². The van der Waals surface area contributed by atoms with Crippen molar-refractivity contribution in [2.24, 2.45) is 5.14 Å². The Morgan fingerprint density at radius 2 is 1.61 bits per heavy atom. The fourth-order valence-corrected chi connectivity index (χ4v) is 3.73. The van der Waals surface area contributed by atoms with Crippen LogP contribution >= 0.6 is 11.6 Å². The van der Waals surface area contributed by atoms with Gasteiger partial charge in [0, 0.05) is 12.1 Å². The lowest BCUT2D eigenvalue weighted by atomic mass is 10.3. The first kappa shape index (κ1) is 17.7. The fraction of sp³-hybridized carbons (Fsp3) is 0.0769. The summed E-state index contributed by atoms with van der Waals surface area (Å²) >= 11 is 5.61. The van der Waals surface area contributed by atoms with E-state index < -0.39 is 30.8 Å². The van der Waals surface area contributed by atoms with Crippen LogP contribution in [0.15, 0.2) is 52.3 Å². The van der Waals surface area contributed by atoms with Gasteiger partial charge < -0.3 is 0 Å². The van der Waals surface area contributed by atoms with E-state index in [9.17, 15) is 21.2 Å². The van der Waals surface area contributed by atoms with Crippen LogP contribution < -0.4 is 9.44 Å². The molecule has 0 aliphatic rings. The molecule has 2 aromatic rings. The first-order valence-electron chi connectivity index (χ1n) is 6.10. The highest BCUT2D eigenvalue weighted by Gasteiger charge is 2.25. The highest BCUT2D eigenvalue weighted by molar-refractivity contribution is 7.92. The third-order valence-electron chi connectivity index (χ3n) is 3.06. The molecule has 0 bridgehead atoms. The van der Waals surface area contributed by atoms with E-state index in [0.29, 0.717) is 0 Å². The molecule has 0 atom stereocenters. The number of benzene rings is 2. The summed E-state index contributed by atoms with van der Waals surface area (Å²) in [6.45, 7) is 0. The van der Waals surface area contributed by atoms with Crippen molar-refractivity contribution in [3.8, 4) is 0 Å². The molecule has 0 amide bonds. The van der Waals surface area contributed by atoms with Crippen molar-refractivity contribution in [2.75, 3.05) is 11.4 Å². The summed E-state index contributed by atoms with van der Waals surface area (Å²) in [7, 11) is -6.84. The molecule has 0 radical (unpaired) electrons. The topological polar surface area (TPSA) is 97.5 Å². The Balaban J connectivity index is 2.44. The van der Waals surface area contributed by atoms with E-state index in [4.69, 9.17) is 16.7 Å². The van der Waals surface area contributed by atoms with Crippen LogP contribution in [0.5, 0.6) is 0 Å². The van der Waals surface area contributed by atoms with E-state index in [2.05, 4.69) is 0 Å². The average Bonchev–Trinajstić information content (AvgIpc) is 2.45. The lowest BCUT2D eigenvalue weighted by Gasteiger charge is -2.20. The lowest BCUT2D eigenvalue weighted by molar-refractivity contribution is 0.566. The van der Waals surface area contributed by atoms with E-state index >= 15 is 0 Å². The second-order valence-corrected chi connectivity index (χ2v) is 8.52. The summed E-state index contributed by atoms with van der Waals surface area (Å²) in [6.07, 6.45) is 0. The van der Waals surface area contributed by atoms with E-state index in [0.717, 1.165) is 28.6 Å². The van der Waals surface area contributed by atoms with Gasteiger partial charge in [0.15, 0.2) is 0 Å². The molecule has 0 heterocycles. The predicted octanol–water partition coefficient (Wildman–Crippen LogP) is 1.95. The molecule has 0 saturated carbocycles. The summed E-state index contributed by atoms with van der Waals surface area (Å²) in [5.41, 5.74) is 0.145. The molecule has 10 heteroatoms. The van der Waals surface area contributed by atoms with Crippen molar-refractivity contribution in [2.45, 2.75) is 9.79 Å². The lowest BCUT2D eigenvalue weighted by Crippen LogP contribution is -2.27. The minimum atomic E-state index is -4.17. The summed E-state index contributed by atoms with van der Waals surface area (Å²) in [6, 6.07) is 8.05. The molecule has 2 aromatic carbocycles. The van der Waals surface area contributed by atoms with Gasteiger partial charge in [-0.1, -0.05) is 11.6 Å². The van der Waals surface area contributed by atoms with Gasteiger partial charge in [0.05, 0.1) is 10.6 Å². The second kappa shape index (κ2) is 6.08. The zero-order valence-corrected chi connectivity index (χ0v) is 14.2. The van der Waals surface area contributed by atoms with Crippen molar-refractivity contribution in [3.05, 3.63) is 53.3 Å². The standard InChI is InChI=1S/C13H12ClFN2O4S2/c1-17(10-3-5-11(6-4-10)22(16,18)19)23(20,21)13-7-2-9(14)8-12(13)15/h2-8H,1H3,(H2,16,18,19). The fourth-order valence-electron chi connectivity index (χ4n) is 1.82. The molecule has 0 unspecified atom stereocenters. The number of primary sulfonamides is 1. The monoisotopic (exact) mass is 378 g/mol. The molecule has 6 nitrogen and oxygen atoms in total. The van der Waals surface area contributed by atoms with Crippen LogP contribution in [0.2, 0.25) is 5.02 Å². The Morgan fingerprint density at radius 3 is 2.09 bits per heavy atom. The maximum absolute atomic E-state index is 13.9. The summed E-state index contributed by atoms with van der Waals surface area (Å²) in [5, 5.41) is 5.04. The third kappa shape index (κ3) is 3.63. The molecule has 0 aliphatic carbocycles. The largest absolute Gasteiger partial charge is 0.269 e. The normalized spacial score (nSPS) is 12.2. The van der Waals surface area contributed by atoms with Gasteiger partial charge in [0.1, 0.15) is 10.7 Å². The highest BCUT2D eigenvalue weighted by Crippen LogP contribution is 2.26. The Labute approximate surface area is 138 Å². The number of rotatable bonds is 4. The van der Waals surface area contributed by atoms with Gasteiger partial charge in [0.25, 0.3) is 10.0 Å². The minimum Gasteiger partial charge on any atom is -0.269 e. The van der Waals surface area contributed by atoms with Crippen molar-refractivity contribution < 1.29 is 21.2 Å². The van der Waals surface area contributed by atoms with Crippen LogP contribution in [0.3, 0.4) is 0 Å². The highest BCUT2D eigenvalue weighted by atomic mass is 35.5. The maximum Gasteiger partial charge on any atom is 0.266 e. The molecule has 0 fully saturated rings. The van der Waals surface area contributed by atoms with Crippen LogP contribution in [0.4, 0.5) is 10.1 Å². The number of halogens is 2. The van der Waals surface area contributed by atoms with Crippen LogP contribution in [-0.4, -0.2) is 23.9 Å². The van der Waals surface area contributed by atoms with Gasteiger partial charge in [-0.25, -0.2) is 26.4 Å². The molecular formula is C13H12ClFN2O4S2. The Hall–Kier alpha value is -1.68. The zero-order chi connectivity index (χ0) is 17.4. The number of hydrogen-bond acceptors (Lipinski definition) is 4. The van der Waals surface area contributed by atoms with Crippen molar-refractivity contribution >= 4 is 37.3 Å². The summed E-state index contributed by atoms with van der Waals surface area (Å²) in [4.78, 5) is -0.704. The van der Waals surface area contributed by atoms with Crippen molar-refractivity contribution in [1.29, 1.82) is 0 Å². The molecule has 0 spiro atoms. The molecule has 0 aromatic heterocycles. The minimum absolute atomic E-state index is 0.0709. The first-order valence-corrected chi connectivity index (χ1v) is 9.47. The quantitative estimate of drug-likeness (QED) is 0.879. The van der Waals surface area contributed by atoms with Gasteiger partial charge in [-0.3, -0.25) is 4.31 Å². The van der Waals surface area contributed by atoms with Gasteiger partial charge >= 0.3 is 0 Å². The van der Waals surface area contributed by atoms with Gasteiger partial charge in [-0.05, 0) is 42.5 Å². The van der Waals surface area contributed by atoms with E-state index in [-0.39, 0.29) is 15.6 Å². The number of sulfonamides is 2. The second-order valence-electron chi connectivity index (χ2n) is 4.59. The number of hydrogen-bond donors (Lipinski definition) is 1. The number of nitrogens with two attached hydrogens (primary N) is 1. The molecule has 2 rings (SSSR count). The van der Waals surface area contributed by atoms with Crippen LogP contribution in [0, 0.1) is 5.82 Å². The third-order valence-corrected chi connectivity index (χ3v) is 6.04. The summed E-state index contributed by atoms with van der Waals surface area (Å²) < 4.78 is 62.0. The summed E-state index contributed by atoms with van der Waals surface area (Å²) in [5.74, 6) is -0.981. The SMILES string of the molecule is CN(c1ccc(S(N)(=O)=O)cc1)S(=O)(=O)c1ccc(Cl)cc1F. The van der Waals surface area contributed by atoms with Gasteiger partial charge in [-0.15, -0.1) is 0 Å². The molecule has 124 valence electrons. The molecule has 0 saturated heterocycles.